The Labute approximate surface area is 247 Å². The summed E-state index contributed by atoms with van der Waals surface area (Å²) in [6.07, 6.45) is -2.75. The minimum atomic E-state index is -1.32. The summed E-state index contributed by atoms with van der Waals surface area (Å²) in [5, 5.41) is 46.1. The van der Waals surface area contributed by atoms with Crippen LogP contribution in [0.25, 0.3) is 11.2 Å². The summed E-state index contributed by atoms with van der Waals surface area (Å²) in [6.45, 7) is 1.04. The van der Waals surface area contributed by atoms with Crippen LogP contribution in [-0.2, 0) is 4.74 Å². The van der Waals surface area contributed by atoms with E-state index < -0.39 is 37.2 Å². The molecular weight excluding hydrogens is 554 g/mol. The molecule has 2 fully saturated rings. The van der Waals surface area contributed by atoms with Crippen molar-refractivity contribution >= 4 is 29.0 Å². The zero-order valence-electron chi connectivity index (χ0n) is 23.4. The predicted octanol–water partition coefficient (Wildman–Crippen LogP) is 1.92. The molecule has 2 aromatic carbocycles. The molecule has 226 valence electrons. The molecular formula is C30H35N7O6. The van der Waals surface area contributed by atoms with Crippen molar-refractivity contribution in [2.75, 3.05) is 36.5 Å². The van der Waals surface area contributed by atoms with Gasteiger partial charge in [-0.15, -0.1) is 0 Å². The number of ether oxygens (including phenoxy) is 1. The summed E-state index contributed by atoms with van der Waals surface area (Å²) in [7, 11) is 0. The van der Waals surface area contributed by atoms with Crippen LogP contribution < -0.4 is 15.5 Å². The van der Waals surface area contributed by atoms with Crippen LogP contribution in [0.1, 0.15) is 36.1 Å². The van der Waals surface area contributed by atoms with Gasteiger partial charge in [0.15, 0.2) is 23.2 Å². The highest BCUT2D eigenvalue weighted by Gasteiger charge is 2.44. The summed E-state index contributed by atoms with van der Waals surface area (Å²) in [5.74, 6) is 0.838. The molecule has 5 atom stereocenters. The highest BCUT2D eigenvalue weighted by atomic mass is 16.6. The highest BCUT2D eigenvalue weighted by Crippen LogP contribution is 2.34. The van der Waals surface area contributed by atoms with Crippen molar-refractivity contribution < 1.29 is 30.0 Å². The van der Waals surface area contributed by atoms with Gasteiger partial charge in [0.1, 0.15) is 18.3 Å². The number of fused-ring (bicyclic) bond motifs is 1. The number of aliphatic hydroxyl groups excluding tert-OH is 3. The molecule has 2 aliphatic rings. The van der Waals surface area contributed by atoms with Gasteiger partial charge in [-0.05, 0) is 24.0 Å². The molecule has 0 saturated carbocycles. The lowest BCUT2D eigenvalue weighted by molar-refractivity contribution is -0.0511. The zero-order chi connectivity index (χ0) is 29.9. The molecule has 0 radical (unpaired) electrons. The molecule has 2 saturated heterocycles. The number of anilines is 2. The fourth-order valence-corrected chi connectivity index (χ4v) is 5.91. The van der Waals surface area contributed by atoms with E-state index >= 15 is 0 Å². The van der Waals surface area contributed by atoms with E-state index in [1.165, 1.54) is 10.9 Å². The van der Waals surface area contributed by atoms with Gasteiger partial charge in [0.2, 0.25) is 5.95 Å². The molecule has 13 nitrogen and oxygen atoms in total. The Balaban J connectivity index is 1.38. The third-order valence-corrected chi connectivity index (χ3v) is 8.11. The Hall–Kier alpha value is -4.30. The van der Waals surface area contributed by atoms with E-state index in [9.17, 15) is 25.2 Å². The number of aromatic nitrogens is 4. The number of nitrogens with one attached hydrogen (secondary N) is 2. The number of hydrogen-bond acceptors (Lipinski definition) is 10. The van der Waals surface area contributed by atoms with Crippen LogP contribution in [0.3, 0.4) is 0 Å². The number of amides is 1. The minimum absolute atomic E-state index is 0.00229. The van der Waals surface area contributed by atoms with Crippen molar-refractivity contribution in [3.05, 3.63) is 78.1 Å². The monoisotopic (exact) mass is 589 g/mol. The second-order valence-electron chi connectivity index (χ2n) is 10.9. The number of rotatable bonds is 9. The topological polar surface area (TPSA) is 178 Å². The number of aliphatic hydroxyl groups is 3. The number of carboxylic acid groups (broad SMARTS) is 1. The van der Waals surface area contributed by atoms with E-state index in [0.29, 0.717) is 49.0 Å². The maximum Gasteiger partial charge on any atom is 0.404 e. The quantitative estimate of drug-likeness (QED) is 0.168. The van der Waals surface area contributed by atoms with Crippen molar-refractivity contribution in [1.82, 2.24) is 24.8 Å². The summed E-state index contributed by atoms with van der Waals surface area (Å²) in [5.41, 5.74) is 3.06. The lowest BCUT2D eigenvalue weighted by Gasteiger charge is -2.32. The second-order valence-corrected chi connectivity index (χ2v) is 10.9. The standard InChI is InChI=1S/C30H35N7O6/c38-16-22-24(39)25(40)28(43-22)37-17-32-23-26(31-14-21(18-8-3-1-4-9-18)19-10-5-2-6-11-19)34-29(35-27(23)37)36-13-7-12-20(15-36)33-30(41)42/h1-6,8-11,17,20-22,24-25,28,33,38-40H,7,12-16H2,(H,41,42)(H,31,34,35)/t20-,22-,24-,25-,28-/m1/s1. The number of nitrogens with zero attached hydrogens (tertiary/aromatic N) is 5. The predicted molar refractivity (Wildman–Crippen MR) is 158 cm³/mol. The first kappa shape index (κ1) is 28.8. The third kappa shape index (κ3) is 5.97. The average molecular weight is 590 g/mol. The molecule has 4 heterocycles. The smallest absolute Gasteiger partial charge is 0.404 e. The Morgan fingerprint density at radius 2 is 1.72 bits per heavy atom. The van der Waals surface area contributed by atoms with Gasteiger partial charge in [-0.2, -0.15) is 9.97 Å². The van der Waals surface area contributed by atoms with Crippen LogP contribution in [0.2, 0.25) is 0 Å². The number of hydrogen-bond donors (Lipinski definition) is 6. The molecule has 6 N–H and O–H groups in total. The first-order chi connectivity index (χ1) is 20.9. The average Bonchev–Trinajstić information content (AvgIpc) is 3.58. The summed E-state index contributed by atoms with van der Waals surface area (Å²) < 4.78 is 7.33. The lowest BCUT2D eigenvalue weighted by atomic mass is 9.91. The largest absolute Gasteiger partial charge is 0.465 e. The minimum Gasteiger partial charge on any atom is -0.465 e. The second kappa shape index (κ2) is 12.5. The molecule has 13 heteroatoms. The number of carbonyl (C=O) groups is 1. The van der Waals surface area contributed by atoms with E-state index in [-0.39, 0.29) is 12.0 Å². The molecule has 6 rings (SSSR count). The first-order valence-electron chi connectivity index (χ1n) is 14.4. The Morgan fingerprint density at radius 3 is 2.35 bits per heavy atom. The van der Waals surface area contributed by atoms with Crippen LogP contribution in [0.5, 0.6) is 0 Å². The van der Waals surface area contributed by atoms with Gasteiger partial charge in [0, 0.05) is 31.6 Å². The van der Waals surface area contributed by atoms with Crippen molar-refractivity contribution in [1.29, 1.82) is 0 Å². The zero-order valence-corrected chi connectivity index (χ0v) is 23.4. The van der Waals surface area contributed by atoms with Gasteiger partial charge in [0.05, 0.1) is 12.9 Å². The van der Waals surface area contributed by atoms with Crippen molar-refractivity contribution in [2.45, 2.75) is 49.3 Å². The van der Waals surface area contributed by atoms with E-state index in [1.54, 1.807) is 0 Å². The van der Waals surface area contributed by atoms with Crippen LogP contribution in [0.15, 0.2) is 67.0 Å². The van der Waals surface area contributed by atoms with Crippen LogP contribution in [-0.4, -0.2) is 96.6 Å². The number of piperidine rings is 1. The van der Waals surface area contributed by atoms with Gasteiger partial charge in [-0.3, -0.25) is 4.57 Å². The molecule has 0 unspecified atom stereocenters. The van der Waals surface area contributed by atoms with Crippen LogP contribution >= 0.6 is 0 Å². The Kier molecular flexibility index (Phi) is 8.38. The Morgan fingerprint density at radius 1 is 1.02 bits per heavy atom. The van der Waals surface area contributed by atoms with Crippen molar-refractivity contribution in [3.63, 3.8) is 0 Å². The summed E-state index contributed by atoms with van der Waals surface area (Å²) >= 11 is 0. The fourth-order valence-electron chi connectivity index (χ4n) is 5.91. The Bertz CT molecular complexity index is 1500. The SMILES string of the molecule is O=C(O)N[C@@H]1CCCN(c2nc(NCC(c3ccccc3)c3ccccc3)c3ncn([C@@H]4O[C@H](CO)[C@@H](O)[C@H]4O)c3n2)C1. The maximum absolute atomic E-state index is 11.3. The highest BCUT2D eigenvalue weighted by molar-refractivity contribution is 5.84. The van der Waals surface area contributed by atoms with Gasteiger partial charge in [-0.1, -0.05) is 60.7 Å². The molecule has 2 aromatic heterocycles. The fraction of sp³-hybridized carbons (Fsp3) is 0.400. The molecule has 0 aliphatic carbocycles. The van der Waals surface area contributed by atoms with Gasteiger partial charge in [-0.25, -0.2) is 9.78 Å². The number of imidazole rings is 1. The van der Waals surface area contributed by atoms with Gasteiger partial charge in [0.25, 0.3) is 0 Å². The normalized spacial score (nSPS) is 24.0. The van der Waals surface area contributed by atoms with Gasteiger partial charge >= 0.3 is 6.09 Å². The maximum atomic E-state index is 11.3. The van der Waals surface area contributed by atoms with E-state index in [4.69, 9.17) is 14.7 Å². The van der Waals surface area contributed by atoms with E-state index in [1.807, 2.05) is 41.3 Å². The molecule has 2 aliphatic heterocycles. The molecule has 43 heavy (non-hydrogen) atoms. The van der Waals surface area contributed by atoms with E-state index in [2.05, 4.69) is 39.9 Å². The molecule has 4 aromatic rings. The van der Waals surface area contributed by atoms with Gasteiger partial charge < -0.3 is 40.7 Å². The van der Waals surface area contributed by atoms with Crippen molar-refractivity contribution in [2.24, 2.45) is 0 Å². The number of benzene rings is 2. The molecule has 1 amide bonds. The summed E-state index contributed by atoms with van der Waals surface area (Å²) in [6, 6.07) is 20.0. The third-order valence-electron chi connectivity index (χ3n) is 8.11. The van der Waals surface area contributed by atoms with E-state index in [0.717, 1.165) is 17.5 Å². The lowest BCUT2D eigenvalue weighted by Crippen LogP contribution is -2.48. The van der Waals surface area contributed by atoms with Crippen LogP contribution in [0.4, 0.5) is 16.6 Å². The summed E-state index contributed by atoms with van der Waals surface area (Å²) in [4.78, 5) is 27.5. The molecule has 0 bridgehead atoms. The first-order valence-corrected chi connectivity index (χ1v) is 14.4. The van der Waals surface area contributed by atoms with Crippen molar-refractivity contribution in [3.8, 4) is 0 Å². The van der Waals surface area contributed by atoms with Crippen LogP contribution in [0, 0.1) is 0 Å². The molecule has 0 spiro atoms.